The first kappa shape index (κ1) is 20.3. The molecule has 0 radical (unpaired) electrons. The zero-order valence-corrected chi connectivity index (χ0v) is 17.4. The third-order valence-corrected chi connectivity index (χ3v) is 5.00. The lowest BCUT2D eigenvalue weighted by Crippen LogP contribution is -2.00. The van der Waals surface area contributed by atoms with E-state index in [0.29, 0.717) is 30.3 Å². The van der Waals surface area contributed by atoms with Crippen LogP contribution in [0.2, 0.25) is 0 Å². The van der Waals surface area contributed by atoms with Crippen LogP contribution in [0.25, 0.3) is 22.4 Å². The molecule has 0 aliphatic rings. The molecule has 0 fully saturated rings. The maximum absolute atomic E-state index is 9.78. The van der Waals surface area contributed by atoms with Crippen LogP contribution in [0, 0.1) is 11.3 Å². The predicted molar refractivity (Wildman–Crippen MR) is 126 cm³/mol. The van der Waals surface area contributed by atoms with Crippen LogP contribution in [0.1, 0.15) is 23.6 Å². The van der Waals surface area contributed by atoms with Gasteiger partial charge in [-0.1, -0.05) is 72.8 Å². The minimum absolute atomic E-state index is 0.469. The Kier molecular flexibility index (Phi) is 6.30. The van der Waals surface area contributed by atoms with Crippen LogP contribution in [0.3, 0.4) is 0 Å². The largest absolute Gasteiger partial charge is 0.490 e. The van der Waals surface area contributed by atoms with Gasteiger partial charge in [0.15, 0.2) is 11.5 Å². The highest BCUT2D eigenvalue weighted by molar-refractivity contribution is 5.94. The van der Waals surface area contributed by atoms with Gasteiger partial charge in [-0.15, -0.1) is 0 Å². The number of nitriles is 1. The Morgan fingerprint density at radius 3 is 2.35 bits per heavy atom. The lowest BCUT2D eigenvalue weighted by atomic mass is 10.00. The van der Waals surface area contributed by atoms with Gasteiger partial charge in [-0.2, -0.15) is 5.26 Å². The molecule has 0 heterocycles. The maximum atomic E-state index is 9.78. The van der Waals surface area contributed by atoms with Gasteiger partial charge < -0.3 is 9.47 Å². The number of hydrogen-bond donors (Lipinski definition) is 0. The molecule has 0 saturated heterocycles. The Morgan fingerprint density at radius 1 is 0.806 bits per heavy atom. The van der Waals surface area contributed by atoms with Crippen molar-refractivity contribution in [1.82, 2.24) is 0 Å². The van der Waals surface area contributed by atoms with Gasteiger partial charge in [-0.25, -0.2) is 0 Å². The maximum Gasteiger partial charge on any atom is 0.161 e. The number of hydrogen-bond acceptors (Lipinski definition) is 3. The van der Waals surface area contributed by atoms with E-state index in [-0.39, 0.29) is 0 Å². The van der Waals surface area contributed by atoms with Crippen molar-refractivity contribution in [1.29, 1.82) is 5.26 Å². The van der Waals surface area contributed by atoms with Crippen molar-refractivity contribution >= 4 is 22.4 Å². The highest BCUT2D eigenvalue weighted by atomic mass is 16.5. The lowest BCUT2D eigenvalue weighted by molar-refractivity contribution is 0.269. The van der Waals surface area contributed by atoms with E-state index in [2.05, 4.69) is 18.2 Å². The SMILES string of the molecule is CCOc1cc(/C=C(/C#N)c2ccc3ccccc3c2)ccc1OCc1ccccc1. The predicted octanol–water partition coefficient (Wildman–Crippen LogP) is 6.88. The Labute approximate surface area is 182 Å². The summed E-state index contributed by atoms with van der Waals surface area (Å²) in [6.45, 7) is 2.94. The first-order valence-electron chi connectivity index (χ1n) is 10.3. The monoisotopic (exact) mass is 405 g/mol. The number of ether oxygens (including phenoxy) is 2. The van der Waals surface area contributed by atoms with Gasteiger partial charge in [-0.3, -0.25) is 0 Å². The van der Waals surface area contributed by atoms with E-state index in [1.165, 1.54) is 0 Å². The summed E-state index contributed by atoms with van der Waals surface area (Å²) in [7, 11) is 0. The summed E-state index contributed by atoms with van der Waals surface area (Å²) in [6, 6.07) is 32.3. The third kappa shape index (κ3) is 4.94. The number of benzene rings is 4. The molecule has 0 unspecified atom stereocenters. The molecule has 3 heteroatoms. The van der Waals surface area contributed by atoms with Gasteiger partial charge in [0.25, 0.3) is 0 Å². The molecular formula is C28H23NO2. The second-order valence-corrected chi connectivity index (χ2v) is 7.15. The van der Waals surface area contributed by atoms with Crippen LogP contribution in [0.4, 0.5) is 0 Å². The van der Waals surface area contributed by atoms with Crippen LogP contribution in [0.15, 0.2) is 91.0 Å². The molecule has 31 heavy (non-hydrogen) atoms. The van der Waals surface area contributed by atoms with Gasteiger partial charge in [0.05, 0.1) is 18.2 Å². The van der Waals surface area contributed by atoms with Gasteiger partial charge >= 0.3 is 0 Å². The first-order valence-corrected chi connectivity index (χ1v) is 10.3. The van der Waals surface area contributed by atoms with Gasteiger partial charge in [0.1, 0.15) is 6.61 Å². The van der Waals surface area contributed by atoms with Crippen molar-refractivity contribution in [3.8, 4) is 17.6 Å². The average molecular weight is 405 g/mol. The van der Waals surface area contributed by atoms with Crippen LogP contribution in [-0.4, -0.2) is 6.61 Å². The lowest BCUT2D eigenvalue weighted by Gasteiger charge is -2.13. The smallest absolute Gasteiger partial charge is 0.161 e. The third-order valence-electron chi connectivity index (χ3n) is 5.00. The summed E-state index contributed by atoms with van der Waals surface area (Å²) in [5.41, 5.74) is 3.48. The van der Waals surface area contributed by atoms with E-state index in [0.717, 1.165) is 27.5 Å². The van der Waals surface area contributed by atoms with E-state index in [4.69, 9.17) is 9.47 Å². The topological polar surface area (TPSA) is 42.2 Å². The minimum atomic E-state index is 0.469. The van der Waals surface area contributed by atoms with E-state index >= 15 is 0 Å². The summed E-state index contributed by atoms with van der Waals surface area (Å²) >= 11 is 0. The molecule has 0 aliphatic carbocycles. The zero-order valence-electron chi connectivity index (χ0n) is 17.4. The second-order valence-electron chi connectivity index (χ2n) is 7.15. The zero-order chi connectivity index (χ0) is 21.5. The fourth-order valence-electron chi connectivity index (χ4n) is 3.44. The Balaban J connectivity index is 1.61. The Morgan fingerprint density at radius 2 is 1.58 bits per heavy atom. The number of allylic oxidation sites excluding steroid dienone is 1. The molecule has 0 atom stereocenters. The van der Waals surface area contributed by atoms with Crippen molar-refractivity contribution in [2.75, 3.05) is 6.61 Å². The summed E-state index contributed by atoms with van der Waals surface area (Å²) in [6.07, 6.45) is 1.88. The normalized spacial score (nSPS) is 11.2. The van der Waals surface area contributed by atoms with Crippen molar-refractivity contribution in [3.05, 3.63) is 108 Å². The van der Waals surface area contributed by atoms with Crippen LogP contribution in [-0.2, 0) is 6.61 Å². The number of fused-ring (bicyclic) bond motifs is 1. The summed E-state index contributed by atoms with van der Waals surface area (Å²) in [4.78, 5) is 0. The molecule has 0 N–H and O–H groups in total. The highest BCUT2D eigenvalue weighted by Gasteiger charge is 2.08. The molecule has 0 aromatic heterocycles. The molecular weight excluding hydrogens is 382 g/mol. The van der Waals surface area contributed by atoms with Gasteiger partial charge in [0, 0.05) is 0 Å². The number of rotatable bonds is 7. The average Bonchev–Trinajstić information content (AvgIpc) is 2.82. The van der Waals surface area contributed by atoms with E-state index in [1.54, 1.807) is 0 Å². The molecule has 3 nitrogen and oxygen atoms in total. The molecule has 0 saturated carbocycles. The first-order chi connectivity index (χ1) is 15.3. The molecule has 4 aromatic rings. The van der Waals surface area contributed by atoms with Crippen LogP contribution in [0.5, 0.6) is 11.5 Å². The van der Waals surface area contributed by atoms with Crippen molar-refractivity contribution in [2.45, 2.75) is 13.5 Å². The fourth-order valence-corrected chi connectivity index (χ4v) is 3.44. The number of nitrogens with zero attached hydrogens (tertiary/aromatic N) is 1. The minimum Gasteiger partial charge on any atom is -0.490 e. The van der Waals surface area contributed by atoms with E-state index in [1.807, 2.05) is 91.9 Å². The van der Waals surface area contributed by atoms with Crippen LogP contribution < -0.4 is 9.47 Å². The summed E-state index contributed by atoms with van der Waals surface area (Å²) < 4.78 is 11.8. The fraction of sp³-hybridized carbons (Fsp3) is 0.107. The highest BCUT2D eigenvalue weighted by Crippen LogP contribution is 2.31. The van der Waals surface area contributed by atoms with Gasteiger partial charge in [0.2, 0.25) is 0 Å². The van der Waals surface area contributed by atoms with Crippen LogP contribution >= 0.6 is 0 Å². The molecule has 0 spiro atoms. The van der Waals surface area contributed by atoms with Crippen molar-refractivity contribution in [3.63, 3.8) is 0 Å². The molecule has 152 valence electrons. The summed E-state index contributed by atoms with van der Waals surface area (Å²) in [5.74, 6) is 1.36. The Bertz CT molecular complexity index is 1250. The van der Waals surface area contributed by atoms with E-state index < -0.39 is 0 Å². The molecule has 0 amide bonds. The quantitative estimate of drug-likeness (QED) is 0.248. The molecule has 0 aliphatic heterocycles. The molecule has 4 rings (SSSR count). The summed E-state index contributed by atoms with van der Waals surface area (Å²) in [5, 5.41) is 12.0. The van der Waals surface area contributed by atoms with E-state index in [9.17, 15) is 5.26 Å². The second kappa shape index (κ2) is 9.65. The van der Waals surface area contributed by atoms with Gasteiger partial charge in [-0.05, 0) is 58.7 Å². The standard InChI is InChI=1S/C28H23NO2/c1-2-30-28-17-22(12-15-27(28)31-20-21-8-4-3-5-9-21)16-26(19-29)25-14-13-23-10-6-7-11-24(23)18-25/h3-18H,2,20H2,1H3/b26-16-. The Hall–Kier alpha value is -4.03. The molecule has 0 bridgehead atoms. The van der Waals surface area contributed by atoms with Crippen molar-refractivity contribution in [2.24, 2.45) is 0 Å². The molecule has 4 aromatic carbocycles. The van der Waals surface area contributed by atoms with Crippen molar-refractivity contribution < 1.29 is 9.47 Å².